The number of hydrogen-bond acceptors (Lipinski definition) is 7. The summed E-state index contributed by atoms with van der Waals surface area (Å²) < 4.78 is 5.22. The van der Waals surface area contributed by atoms with Crippen molar-refractivity contribution in [2.24, 2.45) is 5.73 Å². The first kappa shape index (κ1) is 13.8. The Morgan fingerprint density at radius 1 is 1.12 bits per heavy atom. The fourth-order valence-electron chi connectivity index (χ4n) is 1.62. The molecule has 7 nitrogen and oxygen atoms in total. The zero-order chi connectivity index (χ0) is 12.1. The summed E-state index contributed by atoms with van der Waals surface area (Å²) in [5.74, 6) is 0. The summed E-state index contributed by atoms with van der Waals surface area (Å²) in [5, 5.41) is 40.4. The van der Waals surface area contributed by atoms with Gasteiger partial charge in [0, 0.05) is 0 Å². The van der Waals surface area contributed by atoms with Crippen molar-refractivity contribution in [3.05, 3.63) is 0 Å². The lowest BCUT2D eigenvalue weighted by atomic mass is 9.98. The summed E-state index contributed by atoms with van der Waals surface area (Å²) in [4.78, 5) is 0. The van der Waals surface area contributed by atoms with E-state index in [0.717, 1.165) is 0 Å². The van der Waals surface area contributed by atoms with E-state index < -0.39 is 37.3 Å². The molecule has 3 unspecified atom stereocenters. The highest BCUT2D eigenvalue weighted by Gasteiger charge is 2.42. The number of rotatable bonds is 5. The molecule has 0 amide bonds. The van der Waals surface area contributed by atoms with E-state index in [1.807, 2.05) is 0 Å². The minimum absolute atomic E-state index is 0.417. The van der Waals surface area contributed by atoms with Gasteiger partial charge in [0.2, 0.25) is 0 Å². The van der Waals surface area contributed by atoms with Crippen LogP contribution in [0, 0.1) is 0 Å². The average Bonchev–Trinajstić information content (AvgIpc) is 2.29. The van der Waals surface area contributed by atoms with Crippen molar-refractivity contribution >= 4 is 0 Å². The van der Waals surface area contributed by atoms with Crippen LogP contribution >= 0.6 is 0 Å². The predicted molar refractivity (Wildman–Crippen MR) is 55.4 cm³/mol. The van der Waals surface area contributed by atoms with Crippen LogP contribution in [0.3, 0.4) is 0 Å². The van der Waals surface area contributed by atoms with Crippen molar-refractivity contribution in [2.75, 3.05) is 19.7 Å². The molecule has 1 fully saturated rings. The van der Waals surface area contributed by atoms with Crippen LogP contribution in [0.4, 0.5) is 0 Å². The SMILES string of the molecule is NCCCNC1OC(CO)[C@@H](O)[C@H](O)C1O. The summed E-state index contributed by atoms with van der Waals surface area (Å²) in [6.07, 6.45) is -4.84. The van der Waals surface area contributed by atoms with Crippen LogP contribution in [0.2, 0.25) is 0 Å². The molecule has 0 saturated carbocycles. The molecule has 0 aromatic rings. The van der Waals surface area contributed by atoms with Crippen LogP contribution in [0.15, 0.2) is 0 Å². The lowest BCUT2D eigenvalue weighted by Gasteiger charge is -2.40. The first-order valence-corrected chi connectivity index (χ1v) is 5.35. The molecule has 1 aliphatic heterocycles. The molecule has 7 N–H and O–H groups in total. The highest BCUT2D eigenvalue weighted by atomic mass is 16.6. The molecule has 16 heavy (non-hydrogen) atoms. The zero-order valence-electron chi connectivity index (χ0n) is 8.99. The second-order valence-corrected chi connectivity index (χ2v) is 3.85. The molecule has 0 spiro atoms. The lowest BCUT2D eigenvalue weighted by Crippen LogP contribution is -2.62. The van der Waals surface area contributed by atoms with Crippen molar-refractivity contribution in [3.63, 3.8) is 0 Å². The third-order valence-corrected chi connectivity index (χ3v) is 2.62. The van der Waals surface area contributed by atoms with E-state index >= 15 is 0 Å². The van der Waals surface area contributed by atoms with Crippen molar-refractivity contribution < 1.29 is 25.2 Å². The van der Waals surface area contributed by atoms with Crippen LogP contribution < -0.4 is 11.1 Å². The highest BCUT2D eigenvalue weighted by molar-refractivity contribution is 4.90. The van der Waals surface area contributed by atoms with Gasteiger partial charge in [-0.1, -0.05) is 0 Å². The molecule has 0 bridgehead atoms. The summed E-state index contributed by atoms with van der Waals surface area (Å²) in [5.41, 5.74) is 5.31. The van der Waals surface area contributed by atoms with Gasteiger partial charge in [-0.15, -0.1) is 0 Å². The molecular formula is C9H20N2O5. The monoisotopic (exact) mass is 236 g/mol. The van der Waals surface area contributed by atoms with Crippen LogP contribution in [0.1, 0.15) is 6.42 Å². The number of aliphatic hydroxyl groups excluding tert-OH is 4. The maximum atomic E-state index is 9.61. The van der Waals surface area contributed by atoms with Gasteiger partial charge in [0.1, 0.15) is 30.6 Å². The summed E-state index contributed by atoms with van der Waals surface area (Å²) in [6, 6.07) is 0. The Morgan fingerprint density at radius 2 is 1.81 bits per heavy atom. The van der Waals surface area contributed by atoms with E-state index in [1.165, 1.54) is 0 Å². The molecule has 1 heterocycles. The zero-order valence-corrected chi connectivity index (χ0v) is 8.99. The van der Waals surface area contributed by atoms with E-state index in [0.29, 0.717) is 19.5 Å². The third-order valence-electron chi connectivity index (χ3n) is 2.62. The van der Waals surface area contributed by atoms with Crippen molar-refractivity contribution in [1.82, 2.24) is 5.32 Å². The summed E-state index contributed by atoms with van der Waals surface area (Å²) >= 11 is 0. The first-order chi connectivity index (χ1) is 7.61. The maximum Gasteiger partial charge on any atom is 0.137 e. The number of aliphatic hydroxyl groups is 4. The fraction of sp³-hybridized carbons (Fsp3) is 1.00. The Kier molecular flexibility index (Phi) is 5.56. The molecule has 0 aliphatic carbocycles. The maximum absolute atomic E-state index is 9.61. The molecule has 1 rings (SSSR count). The highest BCUT2D eigenvalue weighted by Crippen LogP contribution is 2.19. The number of hydrogen-bond donors (Lipinski definition) is 6. The predicted octanol–water partition coefficient (Wildman–Crippen LogP) is -3.28. The largest absolute Gasteiger partial charge is 0.394 e. The van der Waals surface area contributed by atoms with Gasteiger partial charge in [-0.2, -0.15) is 0 Å². The Morgan fingerprint density at radius 3 is 2.38 bits per heavy atom. The van der Waals surface area contributed by atoms with E-state index in [9.17, 15) is 15.3 Å². The van der Waals surface area contributed by atoms with Crippen LogP contribution in [-0.2, 0) is 4.74 Å². The number of nitrogens with two attached hydrogens (primary N) is 1. The Labute approximate surface area is 93.8 Å². The van der Waals surface area contributed by atoms with E-state index in [4.69, 9.17) is 15.6 Å². The number of ether oxygens (including phenoxy) is 1. The van der Waals surface area contributed by atoms with Gasteiger partial charge in [-0.25, -0.2) is 0 Å². The second-order valence-electron chi connectivity index (χ2n) is 3.85. The molecule has 5 atom stereocenters. The molecular weight excluding hydrogens is 216 g/mol. The first-order valence-electron chi connectivity index (χ1n) is 5.35. The van der Waals surface area contributed by atoms with Gasteiger partial charge in [0.25, 0.3) is 0 Å². The van der Waals surface area contributed by atoms with Crippen LogP contribution in [0.5, 0.6) is 0 Å². The van der Waals surface area contributed by atoms with E-state index in [1.54, 1.807) is 0 Å². The minimum Gasteiger partial charge on any atom is -0.394 e. The standard InChI is InChI=1S/C9H20N2O5/c10-2-1-3-11-9-8(15)7(14)6(13)5(4-12)16-9/h5-9,11-15H,1-4,10H2/t5?,6-,7+,8?,9?/m1/s1. The van der Waals surface area contributed by atoms with Crippen LogP contribution in [-0.4, -0.2) is 70.8 Å². The average molecular weight is 236 g/mol. The summed E-state index contributed by atoms with van der Waals surface area (Å²) in [6.45, 7) is 0.615. The second kappa shape index (κ2) is 6.45. The minimum atomic E-state index is -1.33. The van der Waals surface area contributed by atoms with Crippen LogP contribution in [0.25, 0.3) is 0 Å². The Hall–Kier alpha value is -0.280. The van der Waals surface area contributed by atoms with Gasteiger partial charge in [0.15, 0.2) is 0 Å². The molecule has 0 aromatic carbocycles. The van der Waals surface area contributed by atoms with Gasteiger partial charge in [-0.05, 0) is 19.5 Å². The summed E-state index contributed by atoms with van der Waals surface area (Å²) in [7, 11) is 0. The molecule has 96 valence electrons. The van der Waals surface area contributed by atoms with Gasteiger partial charge >= 0.3 is 0 Å². The number of nitrogens with one attached hydrogen (secondary N) is 1. The van der Waals surface area contributed by atoms with E-state index in [-0.39, 0.29) is 0 Å². The quantitative estimate of drug-likeness (QED) is 0.276. The van der Waals surface area contributed by atoms with Gasteiger partial charge < -0.3 is 30.9 Å². The fourth-order valence-corrected chi connectivity index (χ4v) is 1.62. The van der Waals surface area contributed by atoms with Gasteiger partial charge in [-0.3, -0.25) is 5.32 Å². The topological polar surface area (TPSA) is 128 Å². The molecule has 0 aromatic heterocycles. The smallest absolute Gasteiger partial charge is 0.137 e. The molecule has 1 aliphatic rings. The Balaban J connectivity index is 2.50. The Bertz CT molecular complexity index is 204. The van der Waals surface area contributed by atoms with Crippen molar-refractivity contribution in [3.8, 4) is 0 Å². The van der Waals surface area contributed by atoms with Crippen molar-refractivity contribution in [2.45, 2.75) is 37.1 Å². The van der Waals surface area contributed by atoms with Gasteiger partial charge in [0.05, 0.1) is 6.61 Å². The third kappa shape index (κ3) is 3.11. The molecule has 7 heteroatoms. The van der Waals surface area contributed by atoms with E-state index in [2.05, 4.69) is 5.32 Å². The molecule has 1 saturated heterocycles. The molecule has 0 radical (unpaired) electrons. The lowest BCUT2D eigenvalue weighted by molar-refractivity contribution is -0.236. The normalized spacial score (nSPS) is 39.9. The van der Waals surface area contributed by atoms with Crippen molar-refractivity contribution in [1.29, 1.82) is 0 Å².